The van der Waals surface area contributed by atoms with Gasteiger partial charge in [0.25, 0.3) is 0 Å². The lowest BCUT2D eigenvalue weighted by atomic mass is 10.2. The normalized spacial score (nSPS) is 15.6. The zero-order chi connectivity index (χ0) is 25.9. The van der Waals surface area contributed by atoms with Crippen LogP contribution in [0.3, 0.4) is 0 Å². The van der Waals surface area contributed by atoms with Crippen LogP contribution in [0.5, 0.6) is 0 Å². The van der Waals surface area contributed by atoms with Crippen molar-refractivity contribution in [2.75, 3.05) is 10.2 Å². The van der Waals surface area contributed by atoms with Crippen molar-refractivity contribution >= 4 is 57.9 Å². The Morgan fingerprint density at radius 3 is 2.57 bits per heavy atom. The molecule has 0 bridgehead atoms. The summed E-state index contributed by atoms with van der Waals surface area (Å²) in [7, 11) is 0. The molecule has 2 N–H and O–H groups in total. The Balaban J connectivity index is 1.27. The third kappa shape index (κ3) is 5.29. The van der Waals surface area contributed by atoms with E-state index in [0.29, 0.717) is 27.7 Å². The van der Waals surface area contributed by atoms with Crippen molar-refractivity contribution in [3.63, 3.8) is 0 Å². The zero-order valence-electron chi connectivity index (χ0n) is 19.2. The van der Waals surface area contributed by atoms with Gasteiger partial charge in [0.1, 0.15) is 5.52 Å². The Hall–Kier alpha value is -4.70. The molecule has 184 valence electrons. The highest BCUT2D eigenvalue weighted by Gasteiger charge is 2.40. The van der Waals surface area contributed by atoms with E-state index in [-0.39, 0.29) is 18.2 Å². The largest absolute Gasteiger partial charge is 0.478 e. The molecule has 1 aliphatic rings. The highest BCUT2D eigenvalue weighted by atomic mass is 32.2. The minimum Gasteiger partial charge on any atom is -0.478 e. The number of rotatable bonds is 7. The van der Waals surface area contributed by atoms with Gasteiger partial charge in [-0.1, -0.05) is 18.2 Å². The van der Waals surface area contributed by atoms with Gasteiger partial charge >= 0.3 is 5.97 Å². The lowest BCUT2D eigenvalue weighted by Gasteiger charge is -2.15. The lowest BCUT2D eigenvalue weighted by Crippen LogP contribution is -2.31. The van der Waals surface area contributed by atoms with E-state index in [1.54, 1.807) is 48.5 Å². The van der Waals surface area contributed by atoms with Crippen LogP contribution in [0.1, 0.15) is 6.42 Å². The quantitative estimate of drug-likeness (QED) is 0.273. The second kappa shape index (κ2) is 10.1. The topological polar surface area (TPSA) is 130 Å². The van der Waals surface area contributed by atoms with E-state index in [0.717, 1.165) is 23.2 Å². The molecule has 5 rings (SSSR count). The van der Waals surface area contributed by atoms with E-state index in [1.807, 2.05) is 24.3 Å². The summed E-state index contributed by atoms with van der Waals surface area (Å²) in [6, 6.07) is 21.1. The number of fused-ring (bicyclic) bond motifs is 1. The summed E-state index contributed by atoms with van der Waals surface area (Å²) in [5.41, 5.74) is 3.04. The number of nitrogens with one attached hydrogen (secondary N) is 1. The van der Waals surface area contributed by atoms with Crippen molar-refractivity contribution in [3.05, 3.63) is 84.9 Å². The molecular weight excluding hydrogens is 494 g/mol. The van der Waals surface area contributed by atoms with Crippen LogP contribution in [0.15, 0.2) is 94.3 Å². The van der Waals surface area contributed by atoms with Crippen molar-refractivity contribution in [2.45, 2.75) is 16.6 Å². The standard InChI is InChI=1S/C27H19N3O6S/c31-23(12-13-25(33)34)28-17-4-3-5-19(14-17)37-22-15-24(32)30(27(22)35)18-10-8-16(9-11-18)26-29-20-6-1-2-7-21(20)36-26/h1-14,22H,15H2,(H,28,31)(H,33,34)/b13-12+/t22-/m0/s1. The first-order chi connectivity index (χ1) is 17.9. The van der Waals surface area contributed by atoms with Gasteiger partial charge in [-0.05, 0) is 54.6 Å². The molecule has 0 radical (unpaired) electrons. The number of amides is 3. The third-order valence-corrected chi connectivity index (χ3v) is 6.71. The van der Waals surface area contributed by atoms with E-state index in [2.05, 4.69) is 10.3 Å². The molecule has 10 heteroatoms. The Morgan fingerprint density at radius 1 is 1.03 bits per heavy atom. The van der Waals surface area contributed by atoms with Crippen molar-refractivity contribution in [3.8, 4) is 11.5 Å². The SMILES string of the molecule is O=C(O)/C=C/C(=O)Nc1cccc(S[C@H]2CC(=O)N(c3ccc(-c4nc5ccccc5o4)cc3)C2=O)c1. The first-order valence-corrected chi connectivity index (χ1v) is 12.1. The number of thioether (sulfide) groups is 1. The zero-order valence-corrected chi connectivity index (χ0v) is 20.0. The van der Waals surface area contributed by atoms with E-state index in [9.17, 15) is 19.2 Å². The number of hydrogen-bond acceptors (Lipinski definition) is 7. The lowest BCUT2D eigenvalue weighted by molar-refractivity contribution is -0.131. The molecule has 1 saturated heterocycles. The molecule has 0 aliphatic carbocycles. The van der Waals surface area contributed by atoms with Gasteiger partial charge in [0, 0.05) is 34.7 Å². The molecule has 1 aliphatic heterocycles. The number of hydrogen-bond donors (Lipinski definition) is 2. The molecule has 0 spiro atoms. The van der Waals surface area contributed by atoms with Crippen LogP contribution in [0.2, 0.25) is 0 Å². The first kappa shape index (κ1) is 24.0. The van der Waals surface area contributed by atoms with E-state index in [4.69, 9.17) is 9.52 Å². The van der Waals surface area contributed by atoms with E-state index < -0.39 is 17.1 Å². The highest BCUT2D eigenvalue weighted by molar-refractivity contribution is 8.00. The van der Waals surface area contributed by atoms with Crippen LogP contribution in [-0.2, 0) is 19.2 Å². The number of carbonyl (C=O) groups is 4. The average Bonchev–Trinajstić information content (AvgIpc) is 3.43. The van der Waals surface area contributed by atoms with Gasteiger partial charge in [-0.15, -0.1) is 11.8 Å². The molecule has 37 heavy (non-hydrogen) atoms. The van der Waals surface area contributed by atoms with Gasteiger partial charge in [-0.2, -0.15) is 0 Å². The second-order valence-electron chi connectivity index (χ2n) is 8.10. The van der Waals surface area contributed by atoms with E-state index >= 15 is 0 Å². The Morgan fingerprint density at radius 2 is 1.81 bits per heavy atom. The molecule has 3 amide bonds. The number of nitrogens with zero attached hydrogens (tertiary/aromatic N) is 2. The summed E-state index contributed by atoms with van der Waals surface area (Å²) >= 11 is 1.22. The summed E-state index contributed by atoms with van der Waals surface area (Å²) in [4.78, 5) is 54.6. The maximum absolute atomic E-state index is 13.1. The van der Waals surface area contributed by atoms with Crippen molar-refractivity contribution in [2.24, 2.45) is 0 Å². The summed E-state index contributed by atoms with van der Waals surface area (Å²) in [6.45, 7) is 0. The maximum atomic E-state index is 13.1. The number of carbonyl (C=O) groups excluding carboxylic acids is 3. The predicted octanol–water partition coefficient (Wildman–Crippen LogP) is 4.50. The minimum absolute atomic E-state index is 0.0360. The molecule has 2 heterocycles. The minimum atomic E-state index is -1.23. The van der Waals surface area contributed by atoms with Crippen LogP contribution in [0.4, 0.5) is 11.4 Å². The molecule has 3 aromatic carbocycles. The van der Waals surface area contributed by atoms with Crippen molar-refractivity contribution < 1.29 is 28.7 Å². The fourth-order valence-corrected chi connectivity index (χ4v) is 4.97. The van der Waals surface area contributed by atoms with E-state index in [1.165, 1.54) is 16.7 Å². The molecule has 9 nitrogen and oxygen atoms in total. The fraction of sp³-hybridized carbons (Fsp3) is 0.0741. The maximum Gasteiger partial charge on any atom is 0.328 e. The molecule has 1 atom stereocenters. The number of oxazole rings is 1. The Labute approximate surface area is 214 Å². The number of anilines is 2. The van der Waals surface area contributed by atoms with Crippen molar-refractivity contribution in [1.82, 2.24) is 4.98 Å². The number of carboxylic acid groups (broad SMARTS) is 1. The highest BCUT2D eigenvalue weighted by Crippen LogP contribution is 2.35. The van der Waals surface area contributed by atoms with Crippen LogP contribution in [0.25, 0.3) is 22.6 Å². The number of aromatic nitrogens is 1. The van der Waals surface area contributed by atoms with Crippen LogP contribution >= 0.6 is 11.8 Å². The second-order valence-corrected chi connectivity index (χ2v) is 9.38. The number of imide groups is 1. The Kier molecular flexibility index (Phi) is 6.57. The third-order valence-electron chi connectivity index (χ3n) is 5.53. The van der Waals surface area contributed by atoms with Gasteiger partial charge in [-0.3, -0.25) is 14.4 Å². The molecule has 1 fully saturated rings. The van der Waals surface area contributed by atoms with Crippen LogP contribution in [0, 0.1) is 0 Å². The number of para-hydroxylation sites is 2. The van der Waals surface area contributed by atoms with Crippen molar-refractivity contribution in [1.29, 1.82) is 0 Å². The molecule has 0 unspecified atom stereocenters. The average molecular weight is 514 g/mol. The number of aliphatic carboxylic acids is 1. The number of benzene rings is 3. The fourth-order valence-electron chi connectivity index (χ4n) is 3.86. The molecular formula is C27H19N3O6S. The predicted molar refractivity (Wildman–Crippen MR) is 138 cm³/mol. The molecule has 1 aromatic heterocycles. The van der Waals surface area contributed by atoms with Crippen LogP contribution in [-0.4, -0.2) is 39.0 Å². The summed E-state index contributed by atoms with van der Waals surface area (Å²) in [6.07, 6.45) is 1.69. The number of carboxylic acids is 1. The Bertz CT molecular complexity index is 1530. The van der Waals surface area contributed by atoms with Gasteiger partial charge in [0.05, 0.1) is 10.9 Å². The summed E-state index contributed by atoms with van der Waals surface area (Å²) < 4.78 is 5.78. The van der Waals surface area contributed by atoms with Gasteiger partial charge in [0.2, 0.25) is 23.6 Å². The van der Waals surface area contributed by atoms with Crippen LogP contribution < -0.4 is 10.2 Å². The monoisotopic (exact) mass is 513 g/mol. The van der Waals surface area contributed by atoms with Gasteiger partial charge in [-0.25, -0.2) is 14.7 Å². The summed E-state index contributed by atoms with van der Waals surface area (Å²) in [5.74, 6) is -2.01. The molecule has 0 saturated carbocycles. The first-order valence-electron chi connectivity index (χ1n) is 11.2. The summed E-state index contributed by atoms with van der Waals surface area (Å²) in [5, 5.41) is 10.6. The molecule has 4 aromatic rings. The smallest absolute Gasteiger partial charge is 0.328 e. The van der Waals surface area contributed by atoms with Gasteiger partial charge < -0.3 is 14.8 Å². The van der Waals surface area contributed by atoms with Gasteiger partial charge in [0.15, 0.2) is 5.58 Å².